The quantitative estimate of drug-likeness (QED) is 0.487. The molecule has 5 heteroatoms. The zero-order valence-electron chi connectivity index (χ0n) is 7.90. The summed E-state index contributed by atoms with van der Waals surface area (Å²) < 4.78 is 5.24. The molecule has 0 radical (unpaired) electrons. The highest BCUT2D eigenvalue weighted by Gasteiger charge is 2.17. The molecule has 0 spiro atoms. The molecule has 0 rings (SSSR count). The van der Waals surface area contributed by atoms with Crippen LogP contribution in [0.15, 0.2) is 0 Å². The topological polar surface area (TPSA) is 66.8 Å². The smallest absolute Gasteiger partial charge is 0.343 e. The number of hydrogen-bond acceptors (Lipinski definition) is 4. The van der Waals surface area contributed by atoms with Gasteiger partial charge in [0.15, 0.2) is 5.44 Å². The number of thioether (sulfide) groups is 1. The molecule has 0 aliphatic carbocycles. The van der Waals surface area contributed by atoms with Gasteiger partial charge < -0.3 is 14.9 Å². The Morgan fingerprint density at radius 1 is 1.62 bits per heavy atom. The summed E-state index contributed by atoms with van der Waals surface area (Å²) in [4.78, 5) is 10.2. The van der Waals surface area contributed by atoms with E-state index in [-0.39, 0.29) is 5.44 Å². The van der Waals surface area contributed by atoms with Gasteiger partial charge in [0.1, 0.15) is 5.44 Å². The first kappa shape index (κ1) is 12.7. The molecule has 0 bridgehead atoms. The normalized spacial score (nSPS) is 15.3. The first-order valence-electron chi connectivity index (χ1n) is 4.25. The summed E-state index contributed by atoms with van der Waals surface area (Å²) in [6, 6.07) is 0. The third kappa shape index (κ3) is 6.86. The molecule has 0 saturated heterocycles. The summed E-state index contributed by atoms with van der Waals surface area (Å²) >= 11 is 0.892. The van der Waals surface area contributed by atoms with Crippen molar-refractivity contribution in [3.63, 3.8) is 0 Å². The fraction of sp³-hybridized carbons (Fsp3) is 0.875. The SMILES string of the molecule is CCCCOC(C)SC(O)C(=O)O. The molecule has 0 aliphatic heterocycles. The molecule has 0 aromatic rings. The maximum Gasteiger partial charge on any atom is 0.343 e. The fourth-order valence-electron chi connectivity index (χ4n) is 0.673. The molecule has 0 amide bonds. The molecule has 2 N–H and O–H groups in total. The molecule has 2 unspecified atom stereocenters. The van der Waals surface area contributed by atoms with Gasteiger partial charge in [-0.1, -0.05) is 25.1 Å². The van der Waals surface area contributed by atoms with Crippen molar-refractivity contribution < 1.29 is 19.7 Å². The van der Waals surface area contributed by atoms with Gasteiger partial charge in [-0.05, 0) is 13.3 Å². The predicted octanol–water partition coefficient (Wildman–Crippen LogP) is 1.29. The Hall–Kier alpha value is -0.260. The van der Waals surface area contributed by atoms with Crippen LogP contribution in [0.25, 0.3) is 0 Å². The largest absolute Gasteiger partial charge is 0.479 e. The van der Waals surface area contributed by atoms with Crippen LogP contribution in [0.3, 0.4) is 0 Å². The van der Waals surface area contributed by atoms with Crippen LogP contribution in [0.4, 0.5) is 0 Å². The Morgan fingerprint density at radius 3 is 2.69 bits per heavy atom. The summed E-state index contributed by atoms with van der Waals surface area (Å²) in [6.07, 6.45) is 1.99. The van der Waals surface area contributed by atoms with E-state index in [1.54, 1.807) is 6.92 Å². The third-order valence-electron chi connectivity index (χ3n) is 1.38. The second kappa shape index (κ2) is 7.17. The number of carboxylic acid groups (broad SMARTS) is 1. The Bertz CT molecular complexity index is 151. The van der Waals surface area contributed by atoms with Crippen molar-refractivity contribution in [2.24, 2.45) is 0 Å². The predicted molar refractivity (Wildman–Crippen MR) is 51.6 cm³/mol. The lowest BCUT2D eigenvalue weighted by Gasteiger charge is -2.13. The second-order valence-corrected chi connectivity index (χ2v) is 4.00. The molecule has 2 atom stereocenters. The number of rotatable bonds is 7. The van der Waals surface area contributed by atoms with Crippen molar-refractivity contribution in [2.75, 3.05) is 6.61 Å². The minimum atomic E-state index is -1.39. The van der Waals surface area contributed by atoms with Crippen LogP contribution < -0.4 is 0 Å². The Morgan fingerprint density at radius 2 is 2.23 bits per heavy atom. The van der Waals surface area contributed by atoms with Crippen molar-refractivity contribution in [1.29, 1.82) is 0 Å². The molecule has 0 saturated carbocycles. The average Bonchev–Trinajstić information content (AvgIpc) is 2.04. The standard InChI is InChI=1S/C8H16O4S/c1-3-4-5-12-6(2)13-8(11)7(9)10/h6,8,11H,3-5H2,1-2H3,(H,9,10). The van der Waals surface area contributed by atoms with Gasteiger partial charge in [0.2, 0.25) is 0 Å². The van der Waals surface area contributed by atoms with Crippen molar-refractivity contribution >= 4 is 17.7 Å². The number of aliphatic hydroxyl groups excluding tert-OH is 1. The fourth-order valence-corrected chi connectivity index (χ4v) is 1.33. The first-order chi connectivity index (χ1) is 6.07. The lowest BCUT2D eigenvalue weighted by molar-refractivity contribution is -0.142. The van der Waals surface area contributed by atoms with Crippen LogP contribution in [0, 0.1) is 0 Å². The number of ether oxygens (including phenoxy) is 1. The molecule has 4 nitrogen and oxygen atoms in total. The number of unbranched alkanes of at least 4 members (excludes halogenated alkanes) is 1. The van der Waals surface area contributed by atoms with Crippen LogP contribution in [-0.4, -0.2) is 33.7 Å². The van der Waals surface area contributed by atoms with Crippen LogP contribution >= 0.6 is 11.8 Å². The molecule has 0 heterocycles. The van der Waals surface area contributed by atoms with Crippen molar-refractivity contribution in [2.45, 2.75) is 37.6 Å². The van der Waals surface area contributed by atoms with E-state index in [1.807, 2.05) is 6.92 Å². The minimum absolute atomic E-state index is 0.280. The van der Waals surface area contributed by atoms with Gasteiger partial charge in [0.25, 0.3) is 0 Å². The van der Waals surface area contributed by atoms with E-state index >= 15 is 0 Å². The maximum absolute atomic E-state index is 10.2. The zero-order valence-corrected chi connectivity index (χ0v) is 8.71. The Labute approximate surface area is 82.3 Å². The zero-order chi connectivity index (χ0) is 10.3. The first-order valence-corrected chi connectivity index (χ1v) is 5.20. The minimum Gasteiger partial charge on any atom is -0.479 e. The maximum atomic E-state index is 10.2. The van der Waals surface area contributed by atoms with E-state index in [0.29, 0.717) is 6.61 Å². The number of aliphatic hydroxyl groups is 1. The van der Waals surface area contributed by atoms with E-state index in [1.165, 1.54) is 0 Å². The van der Waals surface area contributed by atoms with E-state index in [4.69, 9.17) is 14.9 Å². The van der Waals surface area contributed by atoms with Crippen LogP contribution in [0.5, 0.6) is 0 Å². The van der Waals surface area contributed by atoms with Crippen molar-refractivity contribution in [3.05, 3.63) is 0 Å². The van der Waals surface area contributed by atoms with Crippen LogP contribution in [-0.2, 0) is 9.53 Å². The highest BCUT2D eigenvalue weighted by molar-refractivity contribution is 8.00. The van der Waals surface area contributed by atoms with E-state index in [0.717, 1.165) is 24.6 Å². The van der Waals surface area contributed by atoms with E-state index in [2.05, 4.69) is 0 Å². The van der Waals surface area contributed by atoms with Gasteiger partial charge in [0.05, 0.1) is 0 Å². The van der Waals surface area contributed by atoms with Gasteiger partial charge in [-0.15, -0.1) is 0 Å². The molecule has 78 valence electrons. The third-order valence-corrected chi connectivity index (χ3v) is 2.36. The highest BCUT2D eigenvalue weighted by atomic mass is 32.2. The molecule has 0 fully saturated rings. The Balaban J connectivity index is 3.49. The van der Waals surface area contributed by atoms with Crippen LogP contribution in [0.1, 0.15) is 26.7 Å². The summed E-state index contributed by atoms with van der Waals surface area (Å²) in [5, 5.41) is 17.3. The van der Waals surface area contributed by atoms with Gasteiger partial charge in [-0.2, -0.15) is 0 Å². The summed E-state index contributed by atoms with van der Waals surface area (Å²) in [7, 11) is 0. The molecular formula is C8H16O4S. The summed E-state index contributed by atoms with van der Waals surface area (Å²) in [5.41, 5.74) is -1.67. The monoisotopic (exact) mass is 208 g/mol. The molecule has 0 aromatic heterocycles. The molecule has 0 aromatic carbocycles. The lowest BCUT2D eigenvalue weighted by Crippen LogP contribution is -2.19. The summed E-state index contributed by atoms with van der Waals surface area (Å²) in [5.74, 6) is -1.23. The van der Waals surface area contributed by atoms with Gasteiger partial charge in [0, 0.05) is 6.61 Å². The van der Waals surface area contributed by atoms with Gasteiger partial charge in [-0.25, -0.2) is 4.79 Å². The number of aliphatic carboxylic acids is 1. The Kier molecular flexibility index (Phi) is 7.03. The van der Waals surface area contributed by atoms with E-state index in [9.17, 15) is 4.79 Å². The van der Waals surface area contributed by atoms with Crippen molar-refractivity contribution in [1.82, 2.24) is 0 Å². The molecule has 0 aliphatic rings. The molecular weight excluding hydrogens is 192 g/mol. The molecule has 13 heavy (non-hydrogen) atoms. The summed E-state index contributed by atoms with van der Waals surface area (Å²) in [6.45, 7) is 4.39. The highest BCUT2D eigenvalue weighted by Crippen LogP contribution is 2.17. The van der Waals surface area contributed by atoms with Gasteiger partial charge in [-0.3, -0.25) is 0 Å². The van der Waals surface area contributed by atoms with Crippen molar-refractivity contribution in [3.8, 4) is 0 Å². The second-order valence-electron chi connectivity index (χ2n) is 2.62. The number of hydrogen-bond donors (Lipinski definition) is 2. The number of carbonyl (C=O) groups is 1. The van der Waals surface area contributed by atoms with E-state index < -0.39 is 11.4 Å². The van der Waals surface area contributed by atoms with Crippen LogP contribution in [0.2, 0.25) is 0 Å². The lowest BCUT2D eigenvalue weighted by atomic mass is 10.4. The van der Waals surface area contributed by atoms with Gasteiger partial charge >= 0.3 is 5.97 Å². The number of carboxylic acids is 1. The average molecular weight is 208 g/mol.